The van der Waals surface area contributed by atoms with Crippen molar-refractivity contribution < 1.29 is 19.0 Å². The molecule has 0 saturated carbocycles. The Morgan fingerprint density at radius 1 is 1.58 bits per heavy atom. The van der Waals surface area contributed by atoms with Gasteiger partial charge in [0.25, 0.3) is 0 Å². The molecule has 1 aromatic rings. The van der Waals surface area contributed by atoms with Crippen LogP contribution in [-0.2, 0) is 16.1 Å². The SMILES string of the molecule is Cc1ccc(F)c(CN2CCOC(CC(=O)O)C2)c1. The molecule has 5 heteroatoms. The van der Waals surface area contributed by atoms with Crippen molar-refractivity contribution >= 4 is 5.97 Å². The summed E-state index contributed by atoms with van der Waals surface area (Å²) in [6.45, 7) is 4.14. The molecule has 0 aromatic heterocycles. The highest BCUT2D eigenvalue weighted by Crippen LogP contribution is 2.16. The van der Waals surface area contributed by atoms with E-state index in [9.17, 15) is 9.18 Å². The van der Waals surface area contributed by atoms with Crippen molar-refractivity contribution in [1.29, 1.82) is 0 Å². The van der Waals surface area contributed by atoms with Crippen molar-refractivity contribution in [2.45, 2.75) is 26.0 Å². The number of aliphatic carboxylic acids is 1. The largest absolute Gasteiger partial charge is 0.481 e. The lowest BCUT2D eigenvalue weighted by atomic mass is 10.1. The van der Waals surface area contributed by atoms with Crippen LogP contribution in [0.4, 0.5) is 4.39 Å². The van der Waals surface area contributed by atoms with E-state index in [1.165, 1.54) is 6.07 Å². The fourth-order valence-corrected chi connectivity index (χ4v) is 2.31. The smallest absolute Gasteiger partial charge is 0.306 e. The molecule has 1 atom stereocenters. The number of carboxylic acid groups (broad SMARTS) is 1. The lowest BCUT2D eigenvalue weighted by Gasteiger charge is -2.32. The summed E-state index contributed by atoms with van der Waals surface area (Å²) in [4.78, 5) is 12.7. The number of aryl methyl sites for hydroxylation is 1. The van der Waals surface area contributed by atoms with Crippen molar-refractivity contribution in [3.05, 3.63) is 35.1 Å². The first kappa shape index (κ1) is 14.0. The Labute approximate surface area is 111 Å². The molecule has 104 valence electrons. The normalized spacial score (nSPS) is 20.4. The third kappa shape index (κ3) is 4.01. The molecular weight excluding hydrogens is 249 g/mol. The minimum atomic E-state index is -0.867. The van der Waals surface area contributed by atoms with Gasteiger partial charge in [-0.05, 0) is 13.0 Å². The van der Waals surface area contributed by atoms with Gasteiger partial charge < -0.3 is 9.84 Å². The molecular formula is C14H18FNO3. The van der Waals surface area contributed by atoms with E-state index in [1.807, 2.05) is 17.9 Å². The molecule has 0 spiro atoms. The Balaban J connectivity index is 1.98. The third-order valence-corrected chi connectivity index (χ3v) is 3.22. The van der Waals surface area contributed by atoms with Gasteiger partial charge in [-0.2, -0.15) is 0 Å². The minimum absolute atomic E-state index is 0.00714. The molecule has 0 radical (unpaired) electrons. The summed E-state index contributed by atoms with van der Waals surface area (Å²) >= 11 is 0. The number of ether oxygens (including phenoxy) is 1. The molecule has 0 amide bonds. The first-order valence-corrected chi connectivity index (χ1v) is 6.35. The van der Waals surface area contributed by atoms with Gasteiger partial charge in [0.05, 0.1) is 19.1 Å². The molecule has 1 aromatic carbocycles. The van der Waals surface area contributed by atoms with Crippen LogP contribution in [0.2, 0.25) is 0 Å². The number of morpholine rings is 1. The summed E-state index contributed by atoms with van der Waals surface area (Å²) < 4.78 is 19.1. The van der Waals surface area contributed by atoms with Gasteiger partial charge in [0.1, 0.15) is 5.82 Å². The highest BCUT2D eigenvalue weighted by molar-refractivity contribution is 5.67. The van der Waals surface area contributed by atoms with Gasteiger partial charge in [0, 0.05) is 25.2 Å². The molecule has 19 heavy (non-hydrogen) atoms. The van der Waals surface area contributed by atoms with Gasteiger partial charge in [0.2, 0.25) is 0 Å². The second kappa shape index (κ2) is 6.12. The van der Waals surface area contributed by atoms with Crippen LogP contribution in [0, 0.1) is 12.7 Å². The Morgan fingerprint density at radius 3 is 3.11 bits per heavy atom. The number of hydrogen-bond donors (Lipinski definition) is 1. The maximum Gasteiger partial charge on any atom is 0.306 e. The highest BCUT2D eigenvalue weighted by Gasteiger charge is 2.23. The number of carbonyl (C=O) groups is 1. The zero-order valence-electron chi connectivity index (χ0n) is 10.9. The van der Waals surface area contributed by atoms with Crippen molar-refractivity contribution in [2.75, 3.05) is 19.7 Å². The second-order valence-electron chi connectivity index (χ2n) is 4.92. The van der Waals surface area contributed by atoms with Gasteiger partial charge in [0.15, 0.2) is 0 Å². The lowest BCUT2D eigenvalue weighted by Crippen LogP contribution is -2.42. The van der Waals surface area contributed by atoms with E-state index in [2.05, 4.69) is 0 Å². The summed E-state index contributed by atoms with van der Waals surface area (Å²) in [6, 6.07) is 5.04. The first-order valence-electron chi connectivity index (χ1n) is 6.35. The topological polar surface area (TPSA) is 49.8 Å². The molecule has 1 fully saturated rings. The molecule has 0 aliphatic carbocycles. The van der Waals surface area contributed by atoms with Gasteiger partial charge in [-0.3, -0.25) is 9.69 Å². The van der Waals surface area contributed by atoms with E-state index in [0.717, 1.165) is 5.56 Å². The Morgan fingerprint density at radius 2 is 2.37 bits per heavy atom. The van der Waals surface area contributed by atoms with Gasteiger partial charge in [-0.15, -0.1) is 0 Å². The third-order valence-electron chi connectivity index (χ3n) is 3.22. The number of carboxylic acids is 1. The van der Waals surface area contributed by atoms with Crippen LogP contribution < -0.4 is 0 Å². The zero-order chi connectivity index (χ0) is 13.8. The van der Waals surface area contributed by atoms with Crippen LogP contribution in [0.15, 0.2) is 18.2 Å². The molecule has 1 heterocycles. The molecule has 1 N–H and O–H groups in total. The van der Waals surface area contributed by atoms with Crippen LogP contribution >= 0.6 is 0 Å². The molecule has 1 aliphatic heterocycles. The number of halogens is 1. The molecule has 1 aliphatic rings. The fourth-order valence-electron chi connectivity index (χ4n) is 2.31. The van der Waals surface area contributed by atoms with E-state index in [4.69, 9.17) is 9.84 Å². The molecule has 0 bridgehead atoms. The minimum Gasteiger partial charge on any atom is -0.481 e. The van der Waals surface area contributed by atoms with Crippen LogP contribution in [-0.4, -0.2) is 41.8 Å². The van der Waals surface area contributed by atoms with Crippen molar-refractivity contribution in [3.8, 4) is 0 Å². The summed E-state index contributed by atoms with van der Waals surface area (Å²) in [5.74, 6) is -1.08. The van der Waals surface area contributed by atoms with Crippen LogP contribution in [0.25, 0.3) is 0 Å². The summed E-state index contributed by atoms with van der Waals surface area (Å²) in [7, 11) is 0. The van der Waals surface area contributed by atoms with Gasteiger partial charge >= 0.3 is 5.97 Å². The van der Waals surface area contributed by atoms with Gasteiger partial charge in [-0.25, -0.2) is 4.39 Å². The molecule has 4 nitrogen and oxygen atoms in total. The Hall–Kier alpha value is -1.46. The van der Waals surface area contributed by atoms with Crippen LogP contribution in [0.5, 0.6) is 0 Å². The fraction of sp³-hybridized carbons (Fsp3) is 0.500. The molecule has 1 unspecified atom stereocenters. The number of hydrogen-bond acceptors (Lipinski definition) is 3. The highest BCUT2D eigenvalue weighted by atomic mass is 19.1. The van der Waals surface area contributed by atoms with Crippen molar-refractivity contribution in [3.63, 3.8) is 0 Å². The predicted molar refractivity (Wildman–Crippen MR) is 68.4 cm³/mol. The molecule has 1 saturated heterocycles. The average molecular weight is 267 g/mol. The Bertz CT molecular complexity index is 464. The van der Waals surface area contributed by atoms with Crippen molar-refractivity contribution in [1.82, 2.24) is 4.90 Å². The van der Waals surface area contributed by atoms with Gasteiger partial charge in [-0.1, -0.05) is 17.7 Å². The van der Waals surface area contributed by atoms with Crippen molar-refractivity contribution in [2.24, 2.45) is 0 Å². The Kier molecular flexibility index (Phi) is 4.50. The number of rotatable bonds is 4. The van der Waals surface area contributed by atoms with E-state index in [1.54, 1.807) is 6.07 Å². The summed E-state index contributed by atoms with van der Waals surface area (Å²) in [5.41, 5.74) is 1.67. The monoisotopic (exact) mass is 267 g/mol. The maximum absolute atomic E-state index is 13.7. The summed E-state index contributed by atoms with van der Waals surface area (Å²) in [5, 5.41) is 8.76. The second-order valence-corrected chi connectivity index (χ2v) is 4.92. The first-order chi connectivity index (χ1) is 9.04. The quantitative estimate of drug-likeness (QED) is 0.904. The van der Waals surface area contributed by atoms with E-state index >= 15 is 0 Å². The number of nitrogens with zero attached hydrogens (tertiary/aromatic N) is 1. The molecule has 2 rings (SSSR count). The average Bonchev–Trinajstić information content (AvgIpc) is 2.33. The zero-order valence-corrected chi connectivity index (χ0v) is 10.9. The predicted octanol–water partition coefficient (Wildman–Crippen LogP) is 1.81. The van der Waals surface area contributed by atoms with E-state index in [-0.39, 0.29) is 18.3 Å². The number of benzene rings is 1. The lowest BCUT2D eigenvalue weighted by molar-refractivity contribution is -0.142. The standard InChI is InChI=1S/C14H18FNO3/c1-10-2-3-13(15)11(6-10)8-16-4-5-19-12(9-16)7-14(17)18/h2-3,6,12H,4-5,7-9H2,1H3,(H,17,18). The van der Waals surface area contributed by atoms with Crippen LogP contribution in [0.1, 0.15) is 17.5 Å². The maximum atomic E-state index is 13.7. The van der Waals surface area contributed by atoms with Crippen LogP contribution in [0.3, 0.4) is 0 Å². The van der Waals surface area contributed by atoms with E-state index in [0.29, 0.717) is 31.8 Å². The summed E-state index contributed by atoms with van der Waals surface area (Å²) in [6.07, 6.45) is -0.314. The van der Waals surface area contributed by atoms with E-state index < -0.39 is 5.97 Å².